The van der Waals surface area contributed by atoms with Gasteiger partial charge in [-0.2, -0.15) is 0 Å². The first-order valence-electron chi connectivity index (χ1n) is 6.34. The Morgan fingerprint density at radius 3 is 2.50 bits per heavy atom. The standard InChI is InChI=1S/C12H25N3O/c1-4-14(5-2)9-12(16)15-8-11(7-13)6-10(15)3/h10-11H,4-9,13H2,1-3H3. The minimum atomic E-state index is 0.257. The number of hydrogen-bond acceptors (Lipinski definition) is 3. The predicted molar refractivity (Wildman–Crippen MR) is 66.1 cm³/mol. The van der Waals surface area contributed by atoms with E-state index in [0.29, 0.717) is 25.0 Å². The zero-order valence-corrected chi connectivity index (χ0v) is 10.8. The van der Waals surface area contributed by atoms with E-state index in [0.717, 1.165) is 26.1 Å². The van der Waals surface area contributed by atoms with E-state index in [1.807, 2.05) is 4.90 Å². The number of carbonyl (C=O) groups is 1. The maximum absolute atomic E-state index is 12.1. The van der Waals surface area contributed by atoms with E-state index in [9.17, 15) is 4.79 Å². The third-order valence-corrected chi connectivity index (χ3v) is 3.57. The van der Waals surface area contributed by atoms with E-state index in [1.165, 1.54) is 0 Å². The van der Waals surface area contributed by atoms with Gasteiger partial charge in [0.1, 0.15) is 0 Å². The van der Waals surface area contributed by atoms with Crippen LogP contribution in [0, 0.1) is 5.92 Å². The van der Waals surface area contributed by atoms with Gasteiger partial charge in [0, 0.05) is 12.6 Å². The molecule has 1 aliphatic rings. The predicted octanol–water partition coefficient (Wildman–Crippen LogP) is 0.524. The van der Waals surface area contributed by atoms with Gasteiger partial charge in [-0.1, -0.05) is 13.8 Å². The highest BCUT2D eigenvalue weighted by Crippen LogP contribution is 2.22. The van der Waals surface area contributed by atoms with Gasteiger partial charge in [-0.15, -0.1) is 0 Å². The van der Waals surface area contributed by atoms with Crippen molar-refractivity contribution in [1.82, 2.24) is 9.80 Å². The van der Waals surface area contributed by atoms with Crippen LogP contribution >= 0.6 is 0 Å². The molecule has 0 aliphatic carbocycles. The summed E-state index contributed by atoms with van der Waals surface area (Å²) in [5.74, 6) is 0.753. The topological polar surface area (TPSA) is 49.6 Å². The van der Waals surface area contributed by atoms with E-state index in [1.54, 1.807) is 0 Å². The molecule has 1 heterocycles. The quantitative estimate of drug-likeness (QED) is 0.745. The molecule has 1 aliphatic heterocycles. The highest BCUT2D eigenvalue weighted by molar-refractivity contribution is 5.78. The summed E-state index contributed by atoms with van der Waals surface area (Å²) >= 11 is 0. The largest absolute Gasteiger partial charge is 0.339 e. The molecule has 0 radical (unpaired) electrons. The molecular formula is C12H25N3O. The fourth-order valence-electron chi connectivity index (χ4n) is 2.39. The molecular weight excluding hydrogens is 202 g/mol. The summed E-state index contributed by atoms with van der Waals surface area (Å²) < 4.78 is 0. The maximum Gasteiger partial charge on any atom is 0.236 e. The van der Waals surface area contributed by atoms with Gasteiger partial charge in [-0.3, -0.25) is 9.69 Å². The third-order valence-electron chi connectivity index (χ3n) is 3.57. The third kappa shape index (κ3) is 3.19. The fraction of sp³-hybridized carbons (Fsp3) is 0.917. The molecule has 4 nitrogen and oxygen atoms in total. The lowest BCUT2D eigenvalue weighted by atomic mass is 10.1. The van der Waals surface area contributed by atoms with E-state index in [-0.39, 0.29) is 5.91 Å². The van der Waals surface area contributed by atoms with Gasteiger partial charge in [0.25, 0.3) is 0 Å². The van der Waals surface area contributed by atoms with Crippen molar-refractivity contribution in [1.29, 1.82) is 0 Å². The zero-order valence-electron chi connectivity index (χ0n) is 10.8. The number of nitrogens with two attached hydrogens (primary N) is 1. The number of hydrogen-bond donors (Lipinski definition) is 1. The van der Waals surface area contributed by atoms with Gasteiger partial charge in [-0.05, 0) is 38.9 Å². The number of likely N-dealkylation sites (tertiary alicyclic amines) is 1. The Bertz CT molecular complexity index is 228. The Morgan fingerprint density at radius 1 is 1.44 bits per heavy atom. The summed E-state index contributed by atoms with van der Waals surface area (Å²) in [7, 11) is 0. The molecule has 1 fully saturated rings. The lowest BCUT2D eigenvalue weighted by molar-refractivity contribution is -0.133. The zero-order chi connectivity index (χ0) is 12.1. The molecule has 0 aromatic rings. The van der Waals surface area contributed by atoms with Crippen molar-refractivity contribution < 1.29 is 4.79 Å². The second kappa shape index (κ2) is 6.21. The van der Waals surface area contributed by atoms with Crippen LogP contribution in [0.25, 0.3) is 0 Å². The van der Waals surface area contributed by atoms with Crippen LogP contribution in [0.3, 0.4) is 0 Å². The van der Waals surface area contributed by atoms with E-state index < -0.39 is 0 Å². The van der Waals surface area contributed by atoms with Crippen LogP contribution in [-0.4, -0.2) is 54.5 Å². The maximum atomic E-state index is 12.1. The summed E-state index contributed by atoms with van der Waals surface area (Å²) in [6.07, 6.45) is 1.06. The first-order valence-corrected chi connectivity index (χ1v) is 6.34. The second-order valence-corrected chi connectivity index (χ2v) is 4.69. The van der Waals surface area contributed by atoms with Gasteiger partial charge in [-0.25, -0.2) is 0 Å². The normalized spacial score (nSPS) is 25.4. The molecule has 2 atom stereocenters. The van der Waals surface area contributed by atoms with Crippen molar-refractivity contribution in [2.75, 3.05) is 32.7 Å². The first-order chi connectivity index (χ1) is 7.62. The summed E-state index contributed by atoms with van der Waals surface area (Å²) in [6, 6.07) is 0.358. The van der Waals surface area contributed by atoms with Crippen molar-refractivity contribution in [3.05, 3.63) is 0 Å². The van der Waals surface area contributed by atoms with Crippen molar-refractivity contribution in [3.63, 3.8) is 0 Å². The van der Waals surface area contributed by atoms with Gasteiger partial charge < -0.3 is 10.6 Å². The molecule has 0 spiro atoms. The Hall–Kier alpha value is -0.610. The van der Waals surface area contributed by atoms with Crippen LogP contribution in [0.1, 0.15) is 27.2 Å². The fourth-order valence-corrected chi connectivity index (χ4v) is 2.39. The first kappa shape index (κ1) is 13.5. The lowest BCUT2D eigenvalue weighted by Gasteiger charge is -2.25. The van der Waals surface area contributed by atoms with E-state index in [2.05, 4.69) is 25.7 Å². The smallest absolute Gasteiger partial charge is 0.236 e. The number of amides is 1. The molecule has 1 rings (SSSR count). The molecule has 0 saturated carbocycles. The van der Waals surface area contributed by atoms with Crippen LogP contribution in [0.15, 0.2) is 0 Å². The minimum absolute atomic E-state index is 0.257. The average molecular weight is 227 g/mol. The van der Waals surface area contributed by atoms with Crippen LogP contribution in [0.5, 0.6) is 0 Å². The number of carbonyl (C=O) groups excluding carboxylic acids is 1. The second-order valence-electron chi connectivity index (χ2n) is 4.69. The van der Waals surface area contributed by atoms with Crippen LogP contribution in [0.4, 0.5) is 0 Å². The molecule has 2 N–H and O–H groups in total. The summed E-state index contributed by atoms with van der Waals surface area (Å²) in [5, 5.41) is 0. The molecule has 1 amide bonds. The molecule has 4 heteroatoms. The number of likely N-dealkylation sites (N-methyl/N-ethyl adjacent to an activating group) is 1. The highest BCUT2D eigenvalue weighted by atomic mass is 16.2. The van der Waals surface area contributed by atoms with Gasteiger partial charge in [0.05, 0.1) is 6.54 Å². The van der Waals surface area contributed by atoms with E-state index in [4.69, 9.17) is 5.73 Å². The summed E-state index contributed by atoms with van der Waals surface area (Å²) in [5.41, 5.74) is 5.66. The number of nitrogens with zero attached hydrogens (tertiary/aromatic N) is 2. The molecule has 16 heavy (non-hydrogen) atoms. The van der Waals surface area contributed by atoms with E-state index >= 15 is 0 Å². The molecule has 2 unspecified atom stereocenters. The van der Waals surface area contributed by atoms with Crippen LogP contribution in [-0.2, 0) is 4.79 Å². The van der Waals surface area contributed by atoms with Crippen molar-refractivity contribution in [2.24, 2.45) is 11.7 Å². The Labute approximate surface area is 98.8 Å². The van der Waals surface area contributed by atoms with Crippen molar-refractivity contribution in [2.45, 2.75) is 33.2 Å². The monoisotopic (exact) mass is 227 g/mol. The molecule has 0 aromatic carbocycles. The van der Waals surface area contributed by atoms with Crippen LogP contribution < -0.4 is 5.73 Å². The van der Waals surface area contributed by atoms with Gasteiger partial charge in [0.2, 0.25) is 5.91 Å². The minimum Gasteiger partial charge on any atom is -0.339 e. The highest BCUT2D eigenvalue weighted by Gasteiger charge is 2.31. The SMILES string of the molecule is CCN(CC)CC(=O)N1CC(CN)CC1C. The van der Waals surface area contributed by atoms with Crippen LogP contribution in [0.2, 0.25) is 0 Å². The lowest BCUT2D eigenvalue weighted by Crippen LogP contribution is -2.42. The molecule has 1 saturated heterocycles. The molecule has 94 valence electrons. The summed E-state index contributed by atoms with van der Waals surface area (Å²) in [6.45, 7) is 10.3. The average Bonchev–Trinajstić information content (AvgIpc) is 2.67. The summed E-state index contributed by atoms with van der Waals surface area (Å²) in [4.78, 5) is 16.2. The van der Waals surface area contributed by atoms with Crippen molar-refractivity contribution in [3.8, 4) is 0 Å². The number of rotatable bonds is 5. The molecule has 0 bridgehead atoms. The van der Waals surface area contributed by atoms with Gasteiger partial charge >= 0.3 is 0 Å². The van der Waals surface area contributed by atoms with Crippen molar-refractivity contribution >= 4 is 5.91 Å². The Morgan fingerprint density at radius 2 is 2.06 bits per heavy atom. The Balaban J connectivity index is 2.48. The van der Waals surface area contributed by atoms with Gasteiger partial charge in [0.15, 0.2) is 0 Å². The molecule has 0 aromatic heterocycles. The Kier molecular flexibility index (Phi) is 5.22.